The Labute approximate surface area is 124 Å². The Morgan fingerprint density at radius 2 is 1.85 bits per heavy atom. The largest absolute Gasteiger partial charge is 0.480 e. The first kappa shape index (κ1) is 16.5. The minimum atomic E-state index is -1.24. The number of aliphatic carboxylic acids is 1. The molecule has 110 valence electrons. The van der Waals surface area contributed by atoms with E-state index in [1.807, 2.05) is 31.2 Å². The fraction of sp³-hybridized carbons (Fsp3) is 0.467. The number of carbonyl (C=O) groups is 2. The topological polar surface area (TPSA) is 66.4 Å². The summed E-state index contributed by atoms with van der Waals surface area (Å²) in [6, 6.07) is 7.49. The highest BCUT2D eigenvalue weighted by Gasteiger charge is 2.29. The normalized spacial score (nSPS) is 12.8. The maximum atomic E-state index is 11.8. The van der Waals surface area contributed by atoms with E-state index >= 15 is 0 Å². The average Bonchev–Trinajstić information content (AvgIpc) is 2.30. The molecule has 2 N–H and O–H groups in total. The number of hydrogen-bond donors (Lipinski definition) is 2. The number of carboxylic acid groups (broad SMARTS) is 1. The Morgan fingerprint density at radius 1 is 1.30 bits per heavy atom. The second-order valence-corrected chi connectivity index (χ2v) is 6.05. The van der Waals surface area contributed by atoms with Crippen LogP contribution in [0.4, 0.5) is 0 Å². The van der Waals surface area contributed by atoms with Crippen molar-refractivity contribution in [3.05, 3.63) is 34.9 Å². The predicted molar refractivity (Wildman–Crippen MR) is 78.8 cm³/mol. The van der Waals surface area contributed by atoms with Crippen molar-refractivity contribution in [2.75, 3.05) is 0 Å². The van der Waals surface area contributed by atoms with Crippen LogP contribution in [-0.4, -0.2) is 22.5 Å². The van der Waals surface area contributed by atoms with E-state index in [0.717, 1.165) is 12.0 Å². The van der Waals surface area contributed by atoms with Gasteiger partial charge in [-0.15, -0.1) is 0 Å². The van der Waals surface area contributed by atoms with Crippen molar-refractivity contribution in [2.24, 2.45) is 5.92 Å². The molecule has 0 aliphatic carbocycles. The van der Waals surface area contributed by atoms with E-state index in [2.05, 4.69) is 5.32 Å². The summed E-state index contributed by atoms with van der Waals surface area (Å²) in [6.45, 7) is 4.90. The zero-order valence-corrected chi connectivity index (χ0v) is 12.7. The first-order valence-corrected chi connectivity index (χ1v) is 6.87. The summed E-state index contributed by atoms with van der Waals surface area (Å²) >= 11 is 5.82. The van der Waals surface area contributed by atoms with Gasteiger partial charge in [-0.05, 0) is 43.9 Å². The van der Waals surface area contributed by atoms with E-state index in [-0.39, 0.29) is 11.8 Å². The van der Waals surface area contributed by atoms with Gasteiger partial charge in [-0.3, -0.25) is 4.79 Å². The van der Waals surface area contributed by atoms with Gasteiger partial charge >= 0.3 is 5.97 Å². The standard InChI is InChI=1S/C15H20ClNO3/c1-10(8-11-4-6-12(16)7-5-11)9-13(18)17-15(2,3)14(19)20/h4-7,10H,8-9H2,1-3H3,(H,17,18)(H,19,20). The highest BCUT2D eigenvalue weighted by atomic mass is 35.5. The second-order valence-electron chi connectivity index (χ2n) is 5.62. The summed E-state index contributed by atoms with van der Waals surface area (Å²) in [6.07, 6.45) is 1.04. The average molecular weight is 298 g/mol. The molecule has 0 aliphatic heterocycles. The number of benzene rings is 1. The van der Waals surface area contributed by atoms with Crippen LogP contribution in [0.25, 0.3) is 0 Å². The van der Waals surface area contributed by atoms with E-state index in [4.69, 9.17) is 16.7 Å². The Morgan fingerprint density at radius 3 is 2.35 bits per heavy atom. The SMILES string of the molecule is CC(CC(=O)NC(C)(C)C(=O)O)Cc1ccc(Cl)cc1. The van der Waals surface area contributed by atoms with Crippen LogP contribution in [0.3, 0.4) is 0 Å². The Kier molecular flexibility index (Phi) is 5.57. The maximum absolute atomic E-state index is 11.8. The van der Waals surface area contributed by atoms with E-state index < -0.39 is 11.5 Å². The molecule has 20 heavy (non-hydrogen) atoms. The lowest BCUT2D eigenvalue weighted by atomic mass is 9.97. The van der Waals surface area contributed by atoms with Crippen molar-refractivity contribution in [1.29, 1.82) is 0 Å². The molecule has 1 amide bonds. The predicted octanol–water partition coefficient (Wildman–Crippen LogP) is 2.89. The smallest absolute Gasteiger partial charge is 0.328 e. The Hall–Kier alpha value is -1.55. The van der Waals surface area contributed by atoms with Gasteiger partial charge in [0.25, 0.3) is 0 Å². The van der Waals surface area contributed by atoms with Crippen molar-refractivity contribution in [1.82, 2.24) is 5.32 Å². The molecule has 0 saturated heterocycles. The van der Waals surface area contributed by atoms with Gasteiger partial charge in [-0.1, -0.05) is 30.7 Å². The monoisotopic (exact) mass is 297 g/mol. The number of hydrogen-bond acceptors (Lipinski definition) is 2. The molecular formula is C15H20ClNO3. The summed E-state index contributed by atoms with van der Waals surface area (Å²) in [5, 5.41) is 12.2. The summed E-state index contributed by atoms with van der Waals surface area (Å²) in [7, 11) is 0. The molecule has 4 nitrogen and oxygen atoms in total. The molecule has 1 aromatic rings. The van der Waals surface area contributed by atoms with E-state index in [0.29, 0.717) is 11.4 Å². The van der Waals surface area contributed by atoms with Gasteiger partial charge in [-0.2, -0.15) is 0 Å². The minimum Gasteiger partial charge on any atom is -0.480 e. The molecule has 0 heterocycles. The molecule has 0 aromatic heterocycles. The van der Waals surface area contributed by atoms with Crippen molar-refractivity contribution >= 4 is 23.5 Å². The van der Waals surface area contributed by atoms with Gasteiger partial charge in [0.15, 0.2) is 0 Å². The zero-order chi connectivity index (χ0) is 15.3. The lowest BCUT2D eigenvalue weighted by Gasteiger charge is -2.22. The molecule has 0 spiro atoms. The third-order valence-electron chi connectivity index (χ3n) is 3.02. The van der Waals surface area contributed by atoms with Crippen molar-refractivity contribution in [3.8, 4) is 0 Å². The minimum absolute atomic E-state index is 0.126. The lowest BCUT2D eigenvalue weighted by molar-refractivity contribution is -0.146. The molecule has 1 aromatic carbocycles. The van der Waals surface area contributed by atoms with Gasteiger partial charge in [0, 0.05) is 11.4 Å². The molecule has 0 radical (unpaired) electrons. The highest BCUT2D eigenvalue weighted by Crippen LogP contribution is 2.15. The van der Waals surface area contributed by atoms with Gasteiger partial charge in [0.2, 0.25) is 5.91 Å². The zero-order valence-electron chi connectivity index (χ0n) is 11.9. The van der Waals surface area contributed by atoms with Crippen LogP contribution < -0.4 is 5.32 Å². The first-order valence-electron chi connectivity index (χ1n) is 6.49. The fourth-order valence-corrected chi connectivity index (χ4v) is 1.99. The van der Waals surface area contributed by atoms with Gasteiger partial charge in [0.05, 0.1) is 0 Å². The van der Waals surface area contributed by atoms with Crippen LogP contribution in [0, 0.1) is 5.92 Å². The molecule has 0 aliphatic rings. The number of carbonyl (C=O) groups excluding carboxylic acids is 1. The van der Waals surface area contributed by atoms with Crippen LogP contribution in [-0.2, 0) is 16.0 Å². The molecule has 1 rings (SSSR count). The van der Waals surface area contributed by atoms with Crippen LogP contribution in [0.5, 0.6) is 0 Å². The van der Waals surface area contributed by atoms with Crippen LogP contribution in [0.15, 0.2) is 24.3 Å². The fourth-order valence-electron chi connectivity index (χ4n) is 1.86. The summed E-state index contributed by atoms with van der Waals surface area (Å²) in [4.78, 5) is 22.8. The van der Waals surface area contributed by atoms with Crippen molar-refractivity contribution in [3.63, 3.8) is 0 Å². The van der Waals surface area contributed by atoms with E-state index in [1.165, 1.54) is 13.8 Å². The van der Waals surface area contributed by atoms with E-state index in [1.54, 1.807) is 0 Å². The molecule has 0 saturated carbocycles. The van der Waals surface area contributed by atoms with Gasteiger partial charge in [-0.25, -0.2) is 4.79 Å². The first-order chi connectivity index (χ1) is 9.20. The molecule has 1 unspecified atom stereocenters. The third-order valence-corrected chi connectivity index (χ3v) is 3.27. The van der Waals surface area contributed by atoms with Gasteiger partial charge in [0.1, 0.15) is 5.54 Å². The van der Waals surface area contributed by atoms with Crippen LogP contribution in [0.2, 0.25) is 5.02 Å². The lowest BCUT2D eigenvalue weighted by Crippen LogP contribution is -2.50. The summed E-state index contributed by atoms with van der Waals surface area (Å²) < 4.78 is 0. The highest BCUT2D eigenvalue weighted by molar-refractivity contribution is 6.30. The molecule has 0 bridgehead atoms. The molecule has 5 heteroatoms. The quantitative estimate of drug-likeness (QED) is 0.848. The number of amides is 1. The number of nitrogens with one attached hydrogen (secondary N) is 1. The Balaban J connectivity index is 2.50. The van der Waals surface area contributed by atoms with Crippen LogP contribution in [0.1, 0.15) is 32.8 Å². The molecule has 1 atom stereocenters. The van der Waals surface area contributed by atoms with Crippen molar-refractivity contribution < 1.29 is 14.7 Å². The Bertz CT molecular complexity index is 482. The van der Waals surface area contributed by atoms with Crippen molar-refractivity contribution in [2.45, 2.75) is 39.2 Å². The number of rotatable bonds is 6. The molecule has 0 fully saturated rings. The maximum Gasteiger partial charge on any atom is 0.328 e. The second kappa shape index (κ2) is 6.75. The summed E-state index contributed by atoms with van der Waals surface area (Å²) in [5.41, 5.74) is -0.135. The number of halogens is 1. The van der Waals surface area contributed by atoms with E-state index in [9.17, 15) is 9.59 Å². The summed E-state index contributed by atoms with van der Waals surface area (Å²) in [5.74, 6) is -1.17. The number of carboxylic acids is 1. The molecular weight excluding hydrogens is 278 g/mol. The third kappa shape index (κ3) is 5.21. The van der Waals surface area contributed by atoms with Crippen LogP contribution >= 0.6 is 11.6 Å². The van der Waals surface area contributed by atoms with Gasteiger partial charge < -0.3 is 10.4 Å².